The van der Waals surface area contributed by atoms with E-state index in [0.29, 0.717) is 5.56 Å². The third-order valence-electron chi connectivity index (χ3n) is 2.78. The summed E-state index contributed by atoms with van der Waals surface area (Å²) >= 11 is 0. The van der Waals surface area contributed by atoms with Crippen molar-refractivity contribution in [3.8, 4) is 0 Å². The van der Waals surface area contributed by atoms with Crippen LogP contribution in [-0.2, 0) is 4.74 Å². The molecule has 2 rings (SSSR count). The zero-order chi connectivity index (χ0) is 12.6. The summed E-state index contributed by atoms with van der Waals surface area (Å²) in [5.74, 6) is -0.314. The summed E-state index contributed by atoms with van der Waals surface area (Å²) in [6, 6.07) is 5.81. The van der Waals surface area contributed by atoms with Crippen molar-refractivity contribution in [3.63, 3.8) is 0 Å². The van der Waals surface area contributed by atoms with E-state index in [2.05, 4.69) is 11.1 Å². The van der Waals surface area contributed by atoms with Crippen LogP contribution in [-0.4, -0.2) is 18.1 Å². The lowest BCUT2D eigenvalue weighted by molar-refractivity contribution is 0.0603. The molecule has 0 bridgehead atoms. The number of esters is 1. The molecule has 0 saturated heterocycles. The second kappa shape index (κ2) is 4.17. The summed E-state index contributed by atoms with van der Waals surface area (Å²) in [7, 11) is 1.40. The minimum atomic E-state index is -0.314. The topological polar surface area (TPSA) is 39.2 Å². The van der Waals surface area contributed by atoms with Crippen molar-refractivity contribution in [2.45, 2.75) is 20.8 Å². The van der Waals surface area contributed by atoms with Crippen LogP contribution < -0.4 is 0 Å². The van der Waals surface area contributed by atoms with Crippen molar-refractivity contribution in [2.24, 2.45) is 0 Å². The van der Waals surface area contributed by atoms with E-state index in [1.807, 2.05) is 26.8 Å². The molecule has 1 heterocycles. The number of benzene rings is 1. The molecule has 0 aliphatic rings. The van der Waals surface area contributed by atoms with E-state index in [4.69, 9.17) is 4.74 Å². The van der Waals surface area contributed by atoms with Gasteiger partial charge in [0.25, 0.3) is 0 Å². The van der Waals surface area contributed by atoms with Crippen LogP contribution in [0.5, 0.6) is 0 Å². The lowest BCUT2D eigenvalue weighted by atomic mass is 10.0. The molecule has 3 nitrogen and oxygen atoms in total. The molecule has 0 N–H and O–H groups in total. The Morgan fingerprint density at radius 3 is 2.53 bits per heavy atom. The number of pyridine rings is 1. The molecule has 1 aromatic heterocycles. The zero-order valence-electron chi connectivity index (χ0n) is 10.5. The molecule has 3 heteroatoms. The number of carbonyl (C=O) groups excluding carboxylic acids is 1. The predicted molar refractivity (Wildman–Crippen MR) is 67.3 cm³/mol. The van der Waals surface area contributed by atoms with Crippen molar-refractivity contribution < 1.29 is 9.53 Å². The number of aromatic nitrogens is 1. The highest BCUT2D eigenvalue weighted by atomic mass is 16.5. The van der Waals surface area contributed by atoms with E-state index in [1.54, 1.807) is 6.07 Å². The summed E-state index contributed by atoms with van der Waals surface area (Å²) in [5, 5.41) is 0.861. The molecule has 0 aliphatic heterocycles. The zero-order valence-corrected chi connectivity index (χ0v) is 10.5. The van der Waals surface area contributed by atoms with Crippen LogP contribution in [0.3, 0.4) is 0 Å². The van der Waals surface area contributed by atoms with Crippen molar-refractivity contribution in [2.75, 3.05) is 7.11 Å². The van der Waals surface area contributed by atoms with Gasteiger partial charge in [0.1, 0.15) is 0 Å². The highest BCUT2D eigenvalue weighted by molar-refractivity contribution is 6.04. The van der Waals surface area contributed by atoms with Gasteiger partial charge in [-0.1, -0.05) is 11.6 Å². The van der Waals surface area contributed by atoms with Gasteiger partial charge in [0, 0.05) is 11.1 Å². The molecule has 0 spiro atoms. The van der Waals surface area contributed by atoms with Crippen LogP contribution in [0, 0.1) is 20.8 Å². The van der Waals surface area contributed by atoms with Gasteiger partial charge < -0.3 is 4.74 Å². The number of fused-ring (bicyclic) bond motifs is 1. The van der Waals surface area contributed by atoms with Gasteiger partial charge >= 0.3 is 5.97 Å². The molecule has 0 aliphatic carbocycles. The van der Waals surface area contributed by atoms with Crippen molar-refractivity contribution in [3.05, 3.63) is 40.6 Å². The van der Waals surface area contributed by atoms with Gasteiger partial charge in [-0.2, -0.15) is 0 Å². The van der Waals surface area contributed by atoms with Crippen molar-refractivity contribution >= 4 is 16.9 Å². The lowest BCUT2D eigenvalue weighted by Crippen LogP contribution is -2.04. The lowest BCUT2D eigenvalue weighted by Gasteiger charge is -2.09. The number of aryl methyl sites for hydroxylation is 3. The number of carbonyl (C=O) groups is 1. The van der Waals surface area contributed by atoms with E-state index < -0.39 is 0 Å². The van der Waals surface area contributed by atoms with Gasteiger partial charge in [-0.3, -0.25) is 4.98 Å². The normalized spacial score (nSPS) is 10.6. The summed E-state index contributed by atoms with van der Waals surface area (Å²) in [4.78, 5) is 16.2. The Kier molecular flexibility index (Phi) is 2.84. The molecule has 0 radical (unpaired) electrons. The first-order chi connectivity index (χ1) is 8.02. The van der Waals surface area contributed by atoms with E-state index >= 15 is 0 Å². The maximum absolute atomic E-state index is 11.8. The fourth-order valence-corrected chi connectivity index (χ4v) is 2.09. The van der Waals surface area contributed by atoms with Crippen LogP contribution in [0.1, 0.15) is 27.2 Å². The first kappa shape index (κ1) is 11.6. The quantitative estimate of drug-likeness (QED) is 0.706. The molecule has 1 aromatic carbocycles. The molecule has 17 heavy (non-hydrogen) atoms. The summed E-state index contributed by atoms with van der Waals surface area (Å²) in [6.07, 6.45) is 0. The molecular weight excluding hydrogens is 214 g/mol. The molecular formula is C14H15NO2. The molecule has 0 unspecified atom stereocenters. The monoisotopic (exact) mass is 229 g/mol. The largest absolute Gasteiger partial charge is 0.465 e. The Bertz CT molecular complexity index is 603. The first-order valence-electron chi connectivity index (χ1n) is 5.50. The standard InChI is InChI=1S/C14H15NO2/c1-8-5-9(2)13-11(6-8)12(14(16)17-4)7-10(3)15-13/h5-7H,1-4H3. The Morgan fingerprint density at radius 2 is 1.88 bits per heavy atom. The number of hydrogen-bond acceptors (Lipinski definition) is 3. The summed E-state index contributed by atoms with van der Waals surface area (Å²) < 4.78 is 4.81. The smallest absolute Gasteiger partial charge is 0.338 e. The maximum Gasteiger partial charge on any atom is 0.338 e. The van der Waals surface area contributed by atoms with Gasteiger partial charge in [-0.15, -0.1) is 0 Å². The minimum absolute atomic E-state index is 0.314. The third-order valence-corrected chi connectivity index (χ3v) is 2.78. The molecule has 88 valence electrons. The summed E-state index contributed by atoms with van der Waals surface area (Å²) in [5.41, 5.74) is 4.47. The first-order valence-corrected chi connectivity index (χ1v) is 5.50. The number of nitrogens with zero attached hydrogens (tertiary/aromatic N) is 1. The third kappa shape index (κ3) is 2.00. The van der Waals surface area contributed by atoms with Gasteiger partial charge in [-0.25, -0.2) is 4.79 Å². The van der Waals surface area contributed by atoms with Gasteiger partial charge in [0.2, 0.25) is 0 Å². The Morgan fingerprint density at radius 1 is 1.18 bits per heavy atom. The van der Waals surface area contributed by atoms with Crippen LogP contribution in [0.25, 0.3) is 10.9 Å². The fourth-order valence-electron chi connectivity index (χ4n) is 2.09. The van der Waals surface area contributed by atoms with Gasteiger partial charge in [-0.05, 0) is 38.5 Å². The Labute approximate surface area is 100 Å². The molecule has 0 fully saturated rings. The van der Waals surface area contributed by atoms with Gasteiger partial charge in [0.05, 0.1) is 18.2 Å². The molecule has 0 atom stereocenters. The number of ether oxygens (including phenoxy) is 1. The second-order valence-corrected chi connectivity index (χ2v) is 4.28. The number of rotatable bonds is 1. The van der Waals surface area contributed by atoms with Crippen LogP contribution in [0.15, 0.2) is 18.2 Å². The average Bonchev–Trinajstić information content (AvgIpc) is 2.28. The molecule has 2 aromatic rings. The second-order valence-electron chi connectivity index (χ2n) is 4.28. The van der Waals surface area contributed by atoms with E-state index in [9.17, 15) is 4.79 Å². The number of methoxy groups -OCH3 is 1. The SMILES string of the molecule is COC(=O)c1cc(C)nc2c(C)cc(C)cc12. The van der Waals surface area contributed by atoms with E-state index in [1.165, 1.54) is 7.11 Å². The van der Waals surface area contributed by atoms with Crippen molar-refractivity contribution in [1.29, 1.82) is 0 Å². The van der Waals surface area contributed by atoms with Crippen LogP contribution in [0.2, 0.25) is 0 Å². The summed E-state index contributed by atoms with van der Waals surface area (Å²) in [6.45, 7) is 5.89. The van der Waals surface area contributed by atoms with E-state index in [0.717, 1.165) is 27.7 Å². The minimum Gasteiger partial charge on any atom is -0.465 e. The van der Waals surface area contributed by atoms with E-state index in [-0.39, 0.29) is 5.97 Å². The van der Waals surface area contributed by atoms with Crippen LogP contribution >= 0.6 is 0 Å². The number of hydrogen-bond donors (Lipinski definition) is 0. The highest BCUT2D eigenvalue weighted by Gasteiger charge is 2.13. The Hall–Kier alpha value is -1.90. The highest BCUT2D eigenvalue weighted by Crippen LogP contribution is 2.23. The predicted octanol–water partition coefficient (Wildman–Crippen LogP) is 2.95. The maximum atomic E-state index is 11.8. The van der Waals surface area contributed by atoms with Crippen molar-refractivity contribution in [1.82, 2.24) is 4.98 Å². The Balaban J connectivity index is 2.87. The van der Waals surface area contributed by atoms with Gasteiger partial charge in [0.15, 0.2) is 0 Å². The van der Waals surface area contributed by atoms with Crippen LogP contribution in [0.4, 0.5) is 0 Å². The fraction of sp³-hybridized carbons (Fsp3) is 0.286. The molecule has 0 saturated carbocycles. The average molecular weight is 229 g/mol. The molecule has 0 amide bonds.